The lowest BCUT2D eigenvalue weighted by Crippen LogP contribution is -2.53. The number of nitrogens with zero attached hydrogens (tertiary/aromatic N) is 5. The lowest BCUT2D eigenvalue weighted by molar-refractivity contribution is 0.0559. The van der Waals surface area contributed by atoms with E-state index in [1.807, 2.05) is 13.1 Å². The molecular weight excluding hydrogens is 274 g/mol. The van der Waals surface area contributed by atoms with Crippen LogP contribution < -0.4 is 0 Å². The number of hydrogen-bond donors (Lipinski definition) is 0. The van der Waals surface area contributed by atoms with E-state index >= 15 is 0 Å². The minimum Gasteiger partial charge on any atom is -0.304 e. The molecule has 1 saturated heterocycles. The number of hydrogen-bond acceptors (Lipinski definition) is 4. The van der Waals surface area contributed by atoms with Crippen LogP contribution in [0.15, 0.2) is 12.3 Å². The van der Waals surface area contributed by atoms with Gasteiger partial charge in [0.1, 0.15) is 0 Å². The van der Waals surface area contributed by atoms with Crippen LogP contribution in [-0.4, -0.2) is 56.9 Å². The van der Waals surface area contributed by atoms with Gasteiger partial charge >= 0.3 is 0 Å². The molecule has 0 amide bonds. The summed E-state index contributed by atoms with van der Waals surface area (Å²) in [5.74, 6) is 1.48. The summed E-state index contributed by atoms with van der Waals surface area (Å²) in [4.78, 5) is 14.1. The Morgan fingerprint density at radius 2 is 2.05 bits per heavy atom. The van der Waals surface area contributed by atoms with Crippen molar-refractivity contribution in [1.82, 2.24) is 24.2 Å². The van der Waals surface area contributed by atoms with E-state index in [-0.39, 0.29) is 0 Å². The molecule has 3 rings (SSSR count). The molecular formula is C17H27N5. The molecule has 22 heavy (non-hydrogen) atoms. The number of fused-ring (bicyclic) bond motifs is 1. The highest BCUT2D eigenvalue weighted by Gasteiger charge is 2.28. The van der Waals surface area contributed by atoms with Crippen LogP contribution in [0, 0.1) is 19.8 Å². The zero-order valence-electron chi connectivity index (χ0n) is 14.4. The van der Waals surface area contributed by atoms with Crippen molar-refractivity contribution in [3.63, 3.8) is 0 Å². The van der Waals surface area contributed by atoms with Gasteiger partial charge in [-0.15, -0.1) is 0 Å². The van der Waals surface area contributed by atoms with Gasteiger partial charge in [-0.05, 0) is 32.9 Å². The normalized spacial score (nSPS) is 21.1. The highest BCUT2D eigenvalue weighted by molar-refractivity contribution is 5.35. The van der Waals surface area contributed by atoms with E-state index in [0.717, 1.165) is 37.7 Å². The topological polar surface area (TPSA) is 36.7 Å². The molecule has 120 valence electrons. The summed E-state index contributed by atoms with van der Waals surface area (Å²) in [6.45, 7) is 13.1. The van der Waals surface area contributed by atoms with E-state index in [9.17, 15) is 0 Å². The maximum absolute atomic E-state index is 4.54. The SMILES string of the molecule is Cc1cc(C)n2c(CN3CCN(C)CC3C(C)C)cnc2n1. The van der Waals surface area contributed by atoms with Crippen molar-refractivity contribution in [2.24, 2.45) is 5.92 Å². The second-order valence-corrected chi connectivity index (χ2v) is 6.97. The number of rotatable bonds is 3. The summed E-state index contributed by atoms with van der Waals surface area (Å²) >= 11 is 0. The summed E-state index contributed by atoms with van der Waals surface area (Å²) in [5.41, 5.74) is 3.49. The Morgan fingerprint density at radius 1 is 1.27 bits per heavy atom. The Kier molecular flexibility index (Phi) is 4.19. The Balaban J connectivity index is 1.89. The second kappa shape index (κ2) is 5.97. The molecule has 0 N–H and O–H groups in total. The van der Waals surface area contributed by atoms with Crippen LogP contribution >= 0.6 is 0 Å². The third kappa shape index (κ3) is 2.88. The molecule has 0 saturated carbocycles. The summed E-state index contributed by atoms with van der Waals surface area (Å²) < 4.78 is 2.20. The second-order valence-electron chi connectivity index (χ2n) is 6.97. The maximum Gasteiger partial charge on any atom is 0.234 e. The van der Waals surface area contributed by atoms with Crippen molar-refractivity contribution >= 4 is 5.78 Å². The van der Waals surface area contributed by atoms with E-state index in [2.05, 4.69) is 58.1 Å². The van der Waals surface area contributed by atoms with Crippen LogP contribution in [0.3, 0.4) is 0 Å². The van der Waals surface area contributed by atoms with Gasteiger partial charge in [-0.2, -0.15) is 0 Å². The molecule has 1 fully saturated rings. The highest BCUT2D eigenvalue weighted by Crippen LogP contribution is 2.20. The van der Waals surface area contributed by atoms with Crippen LogP contribution in [0.4, 0.5) is 0 Å². The fourth-order valence-corrected chi connectivity index (χ4v) is 3.54. The third-order valence-electron chi connectivity index (χ3n) is 4.73. The largest absolute Gasteiger partial charge is 0.304 e. The number of imidazole rings is 1. The monoisotopic (exact) mass is 301 g/mol. The first-order valence-corrected chi connectivity index (χ1v) is 8.19. The molecule has 0 aromatic carbocycles. The third-order valence-corrected chi connectivity index (χ3v) is 4.73. The van der Waals surface area contributed by atoms with Crippen LogP contribution in [-0.2, 0) is 6.54 Å². The Labute approximate surface area is 133 Å². The molecule has 1 unspecified atom stereocenters. The lowest BCUT2D eigenvalue weighted by atomic mass is 9.99. The average Bonchev–Trinajstić information content (AvgIpc) is 2.83. The predicted octanol–water partition coefficient (Wildman–Crippen LogP) is 2.12. The van der Waals surface area contributed by atoms with Gasteiger partial charge in [0, 0.05) is 43.6 Å². The number of likely N-dealkylation sites (N-methyl/N-ethyl adjacent to an activating group) is 1. The van der Waals surface area contributed by atoms with Crippen molar-refractivity contribution in [1.29, 1.82) is 0 Å². The molecule has 1 atom stereocenters. The molecule has 5 heteroatoms. The van der Waals surface area contributed by atoms with E-state index in [4.69, 9.17) is 0 Å². The van der Waals surface area contributed by atoms with Gasteiger partial charge in [0.25, 0.3) is 0 Å². The molecule has 0 radical (unpaired) electrons. The fourth-order valence-electron chi connectivity index (χ4n) is 3.54. The molecule has 2 aromatic heterocycles. The fraction of sp³-hybridized carbons (Fsp3) is 0.647. The van der Waals surface area contributed by atoms with Gasteiger partial charge in [-0.25, -0.2) is 9.97 Å². The molecule has 0 aliphatic carbocycles. The number of aryl methyl sites for hydroxylation is 2. The predicted molar refractivity (Wildman–Crippen MR) is 89.0 cm³/mol. The summed E-state index contributed by atoms with van der Waals surface area (Å²) in [6, 6.07) is 2.73. The molecule has 0 bridgehead atoms. The van der Waals surface area contributed by atoms with Crippen molar-refractivity contribution in [3.05, 3.63) is 29.3 Å². The van der Waals surface area contributed by atoms with E-state index in [0.29, 0.717) is 12.0 Å². The average molecular weight is 301 g/mol. The minimum absolute atomic E-state index is 0.600. The summed E-state index contributed by atoms with van der Waals surface area (Å²) in [7, 11) is 2.22. The highest BCUT2D eigenvalue weighted by atomic mass is 15.3. The van der Waals surface area contributed by atoms with Crippen LogP contribution in [0.25, 0.3) is 5.78 Å². The Hall–Kier alpha value is -1.46. The first kappa shape index (κ1) is 15.4. The standard InChI is InChI=1S/C17H27N5/c1-12(2)16-11-20(5)6-7-21(16)10-15-9-18-17-19-13(3)8-14(4)22(15)17/h8-9,12,16H,6-7,10-11H2,1-5H3. The summed E-state index contributed by atoms with van der Waals surface area (Å²) in [5, 5.41) is 0. The first-order valence-electron chi connectivity index (χ1n) is 8.19. The van der Waals surface area contributed by atoms with Gasteiger partial charge in [0.05, 0.1) is 11.9 Å². The van der Waals surface area contributed by atoms with Crippen LogP contribution in [0.2, 0.25) is 0 Å². The molecule has 3 heterocycles. The van der Waals surface area contributed by atoms with Gasteiger partial charge in [-0.1, -0.05) is 13.8 Å². The van der Waals surface area contributed by atoms with Crippen molar-refractivity contribution in [3.8, 4) is 0 Å². The number of piperazine rings is 1. The van der Waals surface area contributed by atoms with Gasteiger partial charge in [0.2, 0.25) is 5.78 Å². The maximum atomic E-state index is 4.54. The first-order chi connectivity index (χ1) is 10.5. The van der Waals surface area contributed by atoms with Crippen LogP contribution in [0.5, 0.6) is 0 Å². The zero-order valence-corrected chi connectivity index (χ0v) is 14.4. The smallest absolute Gasteiger partial charge is 0.234 e. The lowest BCUT2D eigenvalue weighted by Gasteiger charge is -2.42. The molecule has 2 aromatic rings. The minimum atomic E-state index is 0.600. The zero-order chi connectivity index (χ0) is 15.9. The van der Waals surface area contributed by atoms with Crippen LogP contribution in [0.1, 0.15) is 30.9 Å². The van der Waals surface area contributed by atoms with Gasteiger partial charge < -0.3 is 4.90 Å². The van der Waals surface area contributed by atoms with E-state index in [1.165, 1.54) is 11.4 Å². The van der Waals surface area contributed by atoms with Crippen molar-refractivity contribution < 1.29 is 0 Å². The van der Waals surface area contributed by atoms with Crippen molar-refractivity contribution in [2.45, 2.75) is 40.3 Å². The summed E-state index contributed by atoms with van der Waals surface area (Å²) in [6.07, 6.45) is 1.99. The molecule has 1 aliphatic rings. The number of aromatic nitrogens is 3. The van der Waals surface area contributed by atoms with Gasteiger partial charge in [0.15, 0.2) is 0 Å². The van der Waals surface area contributed by atoms with E-state index in [1.54, 1.807) is 0 Å². The molecule has 1 aliphatic heterocycles. The Bertz CT molecular complexity index is 660. The van der Waals surface area contributed by atoms with Crippen molar-refractivity contribution in [2.75, 3.05) is 26.7 Å². The Morgan fingerprint density at radius 3 is 2.77 bits per heavy atom. The van der Waals surface area contributed by atoms with Gasteiger partial charge in [-0.3, -0.25) is 9.30 Å². The van der Waals surface area contributed by atoms with E-state index < -0.39 is 0 Å². The molecule has 0 spiro atoms. The quantitative estimate of drug-likeness (QED) is 0.870. The molecule has 5 nitrogen and oxygen atoms in total.